The van der Waals surface area contributed by atoms with Gasteiger partial charge in [-0.1, -0.05) is 26.7 Å². The van der Waals surface area contributed by atoms with Gasteiger partial charge >= 0.3 is 0 Å². The fraction of sp³-hybridized carbons (Fsp3) is 1.00. The molecular formula is C12H26N2. The molecule has 14 heavy (non-hydrogen) atoms. The molecule has 1 atom stereocenters. The number of hydrogen-bond donors (Lipinski definition) is 1. The van der Waals surface area contributed by atoms with E-state index in [1.54, 1.807) is 0 Å². The smallest absolute Gasteiger partial charge is 0.0218 e. The zero-order valence-corrected chi connectivity index (χ0v) is 9.84. The summed E-state index contributed by atoms with van der Waals surface area (Å²) in [5.41, 5.74) is 5.83. The van der Waals surface area contributed by atoms with Crippen molar-refractivity contribution in [3.8, 4) is 0 Å². The summed E-state index contributed by atoms with van der Waals surface area (Å²) in [6.07, 6.45) is 6.85. The third-order valence-corrected chi connectivity index (χ3v) is 3.53. The van der Waals surface area contributed by atoms with E-state index in [9.17, 15) is 0 Å². The first-order chi connectivity index (χ1) is 6.81. The van der Waals surface area contributed by atoms with Crippen LogP contribution in [-0.4, -0.2) is 30.6 Å². The minimum Gasteiger partial charge on any atom is -0.329 e. The molecule has 2 N–H and O–H groups in total. The van der Waals surface area contributed by atoms with Crippen molar-refractivity contribution < 1.29 is 0 Å². The molecule has 0 bridgehead atoms. The van der Waals surface area contributed by atoms with Gasteiger partial charge in [-0.15, -0.1) is 0 Å². The molecule has 1 fully saturated rings. The summed E-state index contributed by atoms with van der Waals surface area (Å²) in [5.74, 6) is 0.973. The summed E-state index contributed by atoms with van der Waals surface area (Å²) in [7, 11) is 0. The molecule has 0 aliphatic heterocycles. The van der Waals surface area contributed by atoms with Crippen molar-refractivity contribution in [1.29, 1.82) is 0 Å². The van der Waals surface area contributed by atoms with Crippen LogP contribution in [0.25, 0.3) is 0 Å². The Balaban J connectivity index is 2.32. The number of rotatable bonds is 7. The van der Waals surface area contributed by atoms with Crippen molar-refractivity contribution in [3.63, 3.8) is 0 Å². The minimum atomic E-state index is 0.630. The highest BCUT2D eigenvalue weighted by Gasteiger charge is 2.23. The molecule has 84 valence electrons. The van der Waals surface area contributed by atoms with Crippen LogP contribution in [0.2, 0.25) is 0 Å². The number of nitrogens with zero attached hydrogens (tertiary/aromatic N) is 1. The first-order valence-electron chi connectivity index (χ1n) is 6.25. The molecule has 0 heterocycles. The third-order valence-electron chi connectivity index (χ3n) is 3.53. The lowest BCUT2D eigenvalue weighted by molar-refractivity contribution is 0.135. The zero-order chi connectivity index (χ0) is 10.4. The molecule has 1 saturated carbocycles. The fourth-order valence-corrected chi connectivity index (χ4v) is 2.33. The van der Waals surface area contributed by atoms with E-state index in [0.717, 1.165) is 12.5 Å². The third kappa shape index (κ3) is 3.25. The minimum absolute atomic E-state index is 0.630. The molecule has 0 spiro atoms. The molecule has 1 aliphatic carbocycles. The molecular weight excluding hydrogens is 172 g/mol. The van der Waals surface area contributed by atoms with Gasteiger partial charge in [-0.3, -0.25) is 4.90 Å². The second kappa shape index (κ2) is 6.41. The molecule has 1 rings (SSSR count). The first kappa shape index (κ1) is 12.0. The maximum Gasteiger partial charge on any atom is 0.0218 e. The van der Waals surface area contributed by atoms with Crippen LogP contribution in [0.3, 0.4) is 0 Å². The van der Waals surface area contributed by atoms with Crippen molar-refractivity contribution in [2.24, 2.45) is 11.7 Å². The normalized spacial score (nSPS) is 19.7. The van der Waals surface area contributed by atoms with Crippen LogP contribution in [0.15, 0.2) is 0 Å². The van der Waals surface area contributed by atoms with Crippen LogP contribution < -0.4 is 5.73 Å². The fourth-order valence-electron chi connectivity index (χ4n) is 2.33. The summed E-state index contributed by atoms with van der Waals surface area (Å²) in [4.78, 5) is 2.59. The van der Waals surface area contributed by atoms with Gasteiger partial charge < -0.3 is 5.73 Å². The Hall–Kier alpha value is -0.0800. The molecule has 0 aromatic rings. The summed E-state index contributed by atoms with van der Waals surface area (Å²) < 4.78 is 0. The topological polar surface area (TPSA) is 29.3 Å². The highest BCUT2D eigenvalue weighted by atomic mass is 15.2. The summed E-state index contributed by atoms with van der Waals surface area (Å²) in [5, 5.41) is 0. The van der Waals surface area contributed by atoms with Crippen molar-refractivity contribution in [1.82, 2.24) is 4.90 Å². The Morgan fingerprint density at radius 2 is 2.07 bits per heavy atom. The molecule has 2 heteroatoms. The van der Waals surface area contributed by atoms with E-state index in [1.807, 2.05) is 0 Å². The maximum atomic E-state index is 5.83. The van der Waals surface area contributed by atoms with Crippen molar-refractivity contribution in [2.45, 2.75) is 52.0 Å². The lowest BCUT2D eigenvalue weighted by Gasteiger charge is -2.36. The van der Waals surface area contributed by atoms with Crippen molar-refractivity contribution in [2.75, 3.05) is 19.6 Å². The monoisotopic (exact) mass is 198 g/mol. The van der Waals surface area contributed by atoms with Crippen molar-refractivity contribution >= 4 is 0 Å². The van der Waals surface area contributed by atoms with E-state index in [4.69, 9.17) is 5.73 Å². The van der Waals surface area contributed by atoms with Gasteiger partial charge in [-0.25, -0.2) is 0 Å². The summed E-state index contributed by atoms with van der Waals surface area (Å²) in [6.45, 7) is 7.79. The van der Waals surface area contributed by atoms with Crippen LogP contribution in [0.1, 0.15) is 46.0 Å². The standard InChI is InChI=1S/C12H26N2/c1-3-6-12(9-13)14(4-2)10-11-7-5-8-11/h11-12H,3-10,13H2,1-2H3. The largest absolute Gasteiger partial charge is 0.329 e. The molecule has 0 aromatic heterocycles. The van der Waals surface area contributed by atoms with Crippen LogP contribution >= 0.6 is 0 Å². The van der Waals surface area contributed by atoms with Gasteiger partial charge in [0.25, 0.3) is 0 Å². The Morgan fingerprint density at radius 3 is 2.43 bits per heavy atom. The molecule has 1 unspecified atom stereocenters. The van der Waals surface area contributed by atoms with E-state index >= 15 is 0 Å². The highest BCUT2D eigenvalue weighted by molar-refractivity contribution is 4.78. The number of likely N-dealkylation sites (N-methyl/N-ethyl adjacent to an activating group) is 1. The van der Waals surface area contributed by atoms with Gasteiger partial charge in [0.2, 0.25) is 0 Å². The summed E-state index contributed by atoms with van der Waals surface area (Å²) >= 11 is 0. The zero-order valence-electron chi connectivity index (χ0n) is 9.84. The van der Waals surface area contributed by atoms with Crippen LogP contribution in [0.5, 0.6) is 0 Å². The van der Waals surface area contributed by atoms with Crippen molar-refractivity contribution in [3.05, 3.63) is 0 Å². The average molecular weight is 198 g/mol. The lowest BCUT2D eigenvalue weighted by Crippen LogP contribution is -2.44. The highest BCUT2D eigenvalue weighted by Crippen LogP contribution is 2.27. The second-order valence-corrected chi connectivity index (χ2v) is 4.56. The predicted molar refractivity (Wildman–Crippen MR) is 62.3 cm³/mol. The lowest BCUT2D eigenvalue weighted by atomic mass is 9.84. The van der Waals surface area contributed by atoms with E-state index < -0.39 is 0 Å². The van der Waals surface area contributed by atoms with Gasteiger partial charge in [-0.05, 0) is 31.7 Å². The molecule has 1 aliphatic rings. The maximum absolute atomic E-state index is 5.83. The van der Waals surface area contributed by atoms with E-state index in [2.05, 4.69) is 18.7 Å². The quantitative estimate of drug-likeness (QED) is 0.680. The number of nitrogens with two attached hydrogens (primary N) is 1. The van der Waals surface area contributed by atoms with Gasteiger partial charge in [-0.2, -0.15) is 0 Å². The molecule has 0 amide bonds. The van der Waals surface area contributed by atoms with E-state index in [0.29, 0.717) is 6.04 Å². The molecule has 0 aromatic carbocycles. The Labute approximate surface area is 88.8 Å². The van der Waals surface area contributed by atoms with E-state index in [-0.39, 0.29) is 0 Å². The van der Waals surface area contributed by atoms with Crippen LogP contribution in [-0.2, 0) is 0 Å². The first-order valence-corrected chi connectivity index (χ1v) is 6.25. The van der Waals surface area contributed by atoms with Crippen LogP contribution in [0.4, 0.5) is 0 Å². The molecule has 0 saturated heterocycles. The molecule has 2 nitrogen and oxygen atoms in total. The predicted octanol–water partition coefficient (Wildman–Crippen LogP) is 2.24. The second-order valence-electron chi connectivity index (χ2n) is 4.56. The van der Waals surface area contributed by atoms with Crippen LogP contribution in [0, 0.1) is 5.92 Å². The Morgan fingerprint density at radius 1 is 1.36 bits per heavy atom. The summed E-state index contributed by atoms with van der Waals surface area (Å²) in [6, 6.07) is 0.630. The Bertz CT molecular complexity index is 143. The van der Waals surface area contributed by atoms with Gasteiger partial charge in [0.1, 0.15) is 0 Å². The SMILES string of the molecule is CCCC(CN)N(CC)CC1CCC1. The number of hydrogen-bond acceptors (Lipinski definition) is 2. The van der Waals surface area contributed by atoms with Gasteiger partial charge in [0.05, 0.1) is 0 Å². The van der Waals surface area contributed by atoms with E-state index in [1.165, 1.54) is 45.2 Å². The van der Waals surface area contributed by atoms with Gasteiger partial charge in [0, 0.05) is 19.1 Å². The molecule has 0 radical (unpaired) electrons. The Kier molecular flexibility index (Phi) is 5.49. The average Bonchev–Trinajstić information content (AvgIpc) is 2.14. The van der Waals surface area contributed by atoms with Gasteiger partial charge in [0.15, 0.2) is 0 Å².